The van der Waals surface area contributed by atoms with E-state index < -0.39 is 0 Å². The van der Waals surface area contributed by atoms with E-state index in [1.807, 2.05) is 24.3 Å². The van der Waals surface area contributed by atoms with Gasteiger partial charge in [0.25, 0.3) is 0 Å². The molecule has 0 radical (unpaired) electrons. The first kappa shape index (κ1) is 31.5. The number of anilines is 1. The number of imidazole rings is 1. The Morgan fingerprint density at radius 2 is 1.98 bits per heavy atom. The Hall–Kier alpha value is -3.44. The lowest BCUT2D eigenvalue weighted by Crippen LogP contribution is -2.44. The minimum Gasteiger partial charge on any atom is -0.494 e. The molecule has 42 heavy (non-hydrogen) atoms. The Morgan fingerprint density at radius 1 is 1.14 bits per heavy atom. The zero-order valence-corrected chi connectivity index (χ0v) is 25.4. The van der Waals surface area contributed by atoms with Crippen molar-refractivity contribution in [1.29, 1.82) is 0 Å². The van der Waals surface area contributed by atoms with Gasteiger partial charge in [-0.05, 0) is 70.3 Å². The maximum absolute atomic E-state index is 12.8. The number of fused-ring (bicyclic) bond motifs is 1. The number of carbonyl (C=O) groups is 1. The first-order valence-electron chi connectivity index (χ1n) is 15.4. The molecule has 11 heteroatoms. The van der Waals surface area contributed by atoms with Gasteiger partial charge in [-0.15, -0.1) is 0 Å². The molecule has 1 aromatic carbocycles. The molecule has 1 aliphatic heterocycles. The molecule has 3 heterocycles. The fourth-order valence-corrected chi connectivity index (χ4v) is 5.54. The van der Waals surface area contributed by atoms with Crippen LogP contribution in [0.5, 0.6) is 11.8 Å². The van der Waals surface area contributed by atoms with Crippen LogP contribution < -0.4 is 20.9 Å². The van der Waals surface area contributed by atoms with Crippen molar-refractivity contribution >= 4 is 22.8 Å². The number of likely N-dealkylation sites (N-methyl/N-ethyl adjacent to an activating group) is 1. The molecule has 0 amide bonds. The molecular formula is C31H47N7O4. The average molecular weight is 582 g/mol. The lowest BCUT2D eigenvalue weighted by atomic mass is 9.99. The van der Waals surface area contributed by atoms with E-state index in [1.165, 1.54) is 12.8 Å². The second-order valence-electron chi connectivity index (χ2n) is 11.4. The number of unbranched alkanes of at least 4 members (excludes halogenated alkanes) is 1. The Labute approximate surface area is 248 Å². The number of ketones is 1. The Bertz CT molecular complexity index is 1350. The molecule has 1 aliphatic rings. The first-order valence-corrected chi connectivity index (χ1v) is 15.4. The molecule has 230 valence electrons. The average Bonchev–Trinajstić information content (AvgIpc) is 3.29. The van der Waals surface area contributed by atoms with Crippen LogP contribution in [0.4, 0.5) is 5.82 Å². The van der Waals surface area contributed by atoms with E-state index in [1.54, 1.807) is 11.5 Å². The monoisotopic (exact) mass is 581 g/mol. The summed E-state index contributed by atoms with van der Waals surface area (Å²) in [7, 11) is 2.15. The topological polar surface area (TPSA) is 132 Å². The highest BCUT2D eigenvalue weighted by Crippen LogP contribution is 2.22. The van der Waals surface area contributed by atoms with Gasteiger partial charge in [0, 0.05) is 38.6 Å². The molecule has 1 fully saturated rings. The fourth-order valence-electron chi connectivity index (χ4n) is 5.54. The maximum atomic E-state index is 12.8. The smallest absolute Gasteiger partial charge is 0.327 e. The van der Waals surface area contributed by atoms with Crippen LogP contribution in [0.25, 0.3) is 11.2 Å². The highest BCUT2D eigenvalue weighted by atomic mass is 16.5. The molecule has 0 saturated carbocycles. The normalized spacial score (nSPS) is 15.9. The number of hydrogen-bond acceptors (Lipinski definition) is 9. The van der Waals surface area contributed by atoms with Crippen LogP contribution in [0, 0.1) is 0 Å². The minimum absolute atomic E-state index is 0.151. The van der Waals surface area contributed by atoms with Crippen LogP contribution in [0.1, 0.15) is 64.4 Å². The number of nitrogens with zero attached hydrogens (tertiary/aromatic N) is 5. The van der Waals surface area contributed by atoms with Gasteiger partial charge >= 0.3 is 11.7 Å². The minimum atomic E-state index is -0.216. The van der Waals surface area contributed by atoms with Crippen molar-refractivity contribution < 1.29 is 14.3 Å². The Balaban J connectivity index is 1.25. The molecule has 3 N–H and O–H groups in total. The number of nitrogens with two attached hydrogens (primary N) is 1. The molecule has 1 unspecified atom stereocenters. The molecule has 3 aromatic rings. The van der Waals surface area contributed by atoms with Crippen LogP contribution in [0.3, 0.4) is 0 Å². The van der Waals surface area contributed by atoms with Gasteiger partial charge in [-0.25, -0.2) is 4.79 Å². The summed E-state index contributed by atoms with van der Waals surface area (Å²) < 4.78 is 13.3. The number of likely N-dealkylation sites (tertiary alicyclic amines) is 1. The molecule has 0 spiro atoms. The molecule has 0 aliphatic carbocycles. The third-order valence-electron chi connectivity index (χ3n) is 7.87. The van der Waals surface area contributed by atoms with E-state index in [9.17, 15) is 9.59 Å². The summed E-state index contributed by atoms with van der Waals surface area (Å²) >= 11 is 0. The number of Topliss-reactive ketones (excluding diaryl/α,β-unsaturated/α-hetero) is 1. The zero-order chi connectivity index (χ0) is 29.9. The number of piperidine rings is 1. The quantitative estimate of drug-likeness (QED) is 0.229. The van der Waals surface area contributed by atoms with Crippen LogP contribution in [-0.2, 0) is 17.8 Å². The van der Waals surface area contributed by atoms with Gasteiger partial charge in [-0.3, -0.25) is 14.3 Å². The molecule has 11 nitrogen and oxygen atoms in total. The number of benzene rings is 1. The summed E-state index contributed by atoms with van der Waals surface area (Å²) in [6.07, 6.45) is 7.67. The predicted molar refractivity (Wildman–Crippen MR) is 165 cm³/mol. The summed E-state index contributed by atoms with van der Waals surface area (Å²) in [4.78, 5) is 40.7. The van der Waals surface area contributed by atoms with E-state index >= 15 is 0 Å². The SMILES string of the molecule is CCCCOc1nc(N)c2[nH]c(=O)n(CCC3CCCCN3CCN(C)CCCOc3cccc(CC(C)=O)c3)c2n1. The third kappa shape index (κ3) is 9.03. The summed E-state index contributed by atoms with van der Waals surface area (Å²) in [5.41, 5.74) is 7.87. The summed E-state index contributed by atoms with van der Waals surface area (Å²) in [5.74, 6) is 1.20. The van der Waals surface area contributed by atoms with Crippen molar-refractivity contribution in [3.05, 3.63) is 40.3 Å². The Morgan fingerprint density at radius 3 is 2.79 bits per heavy atom. The predicted octanol–water partition coefficient (Wildman–Crippen LogP) is 3.66. The van der Waals surface area contributed by atoms with Crippen molar-refractivity contribution in [2.45, 2.75) is 77.8 Å². The second-order valence-corrected chi connectivity index (χ2v) is 11.4. The lowest BCUT2D eigenvalue weighted by molar-refractivity contribution is -0.116. The summed E-state index contributed by atoms with van der Waals surface area (Å²) in [5, 5.41) is 0. The first-order chi connectivity index (χ1) is 20.3. The number of hydrogen-bond donors (Lipinski definition) is 2. The van der Waals surface area contributed by atoms with Gasteiger partial charge in [0.1, 0.15) is 17.0 Å². The summed E-state index contributed by atoms with van der Waals surface area (Å²) in [6, 6.07) is 8.42. The molecule has 1 saturated heterocycles. The molecule has 0 bridgehead atoms. The number of nitrogen functional groups attached to an aromatic ring is 1. The molecular weight excluding hydrogens is 534 g/mol. The van der Waals surface area contributed by atoms with Crippen molar-refractivity contribution in [1.82, 2.24) is 29.3 Å². The van der Waals surface area contributed by atoms with E-state index in [-0.39, 0.29) is 23.3 Å². The standard InChI is InChI=1S/C31H47N7O4/c1-4-5-19-42-30-34-28(32)27-29(35-30)38(31(40)33-27)16-13-25-11-6-7-15-37(25)18-17-36(3)14-9-20-41-26-12-8-10-24(22-26)21-23(2)39/h8,10,12,22,25H,4-7,9,11,13-21H2,1-3H3,(H,33,40)(H2,32,34,35). The number of carbonyl (C=O) groups excluding carboxylic acids is 1. The highest BCUT2D eigenvalue weighted by Gasteiger charge is 2.23. The van der Waals surface area contributed by atoms with Crippen molar-refractivity contribution in [2.24, 2.45) is 0 Å². The van der Waals surface area contributed by atoms with Crippen molar-refractivity contribution in [2.75, 3.05) is 52.2 Å². The number of aromatic amines is 1. The van der Waals surface area contributed by atoms with Crippen molar-refractivity contribution in [3.63, 3.8) is 0 Å². The lowest BCUT2D eigenvalue weighted by Gasteiger charge is -2.36. The van der Waals surface area contributed by atoms with E-state index in [4.69, 9.17) is 15.2 Å². The largest absolute Gasteiger partial charge is 0.494 e. The molecule has 4 rings (SSSR count). The van der Waals surface area contributed by atoms with Gasteiger partial charge in [0.2, 0.25) is 0 Å². The number of aromatic nitrogens is 4. The van der Waals surface area contributed by atoms with E-state index in [0.717, 1.165) is 69.6 Å². The number of rotatable bonds is 17. The molecule has 1 atom stereocenters. The third-order valence-corrected chi connectivity index (χ3v) is 7.87. The van der Waals surface area contributed by atoms with E-state index in [0.29, 0.717) is 43.4 Å². The van der Waals surface area contributed by atoms with Crippen LogP contribution >= 0.6 is 0 Å². The van der Waals surface area contributed by atoms with Gasteiger partial charge < -0.3 is 25.1 Å². The van der Waals surface area contributed by atoms with Crippen LogP contribution in [0.2, 0.25) is 0 Å². The number of nitrogens with one attached hydrogen (secondary N) is 1. The van der Waals surface area contributed by atoms with Crippen molar-refractivity contribution in [3.8, 4) is 11.8 Å². The van der Waals surface area contributed by atoms with Gasteiger partial charge in [0.05, 0.1) is 13.2 Å². The van der Waals surface area contributed by atoms with Crippen LogP contribution in [0.15, 0.2) is 29.1 Å². The maximum Gasteiger partial charge on any atom is 0.327 e. The number of ether oxygens (including phenoxy) is 2. The Kier molecular flexibility index (Phi) is 11.8. The van der Waals surface area contributed by atoms with Gasteiger partial charge in [-0.1, -0.05) is 31.9 Å². The van der Waals surface area contributed by atoms with Gasteiger partial charge in [-0.2, -0.15) is 9.97 Å². The second kappa shape index (κ2) is 15.7. The van der Waals surface area contributed by atoms with Gasteiger partial charge in [0.15, 0.2) is 11.5 Å². The number of aryl methyl sites for hydroxylation is 1. The van der Waals surface area contributed by atoms with Crippen LogP contribution in [-0.4, -0.2) is 87.6 Å². The zero-order valence-electron chi connectivity index (χ0n) is 25.4. The molecule has 2 aromatic heterocycles. The fraction of sp³-hybridized carbons (Fsp3) is 0.613. The summed E-state index contributed by atoms with van der Waals surface area (Å²) in [6.45, 7) is 9.39. The highest BCUT2D eigenvalue weighted by molar-refractivity contribution is 5.81. The number of H-pyrrole nitrogens is 1. The van der Waals surface area contributed by atoms with E-state index in [2.05, 4.69) is 38.7 Å².